The number of para-hydroxylation sites is 1. The maximum Gasteiger partial charge on any atom is 0.238 e. The highest BCUT2D eigenvalue weighted by Crippen LogP contribution is 2.22. The van der Waals surface area contributed by atoms with Crippen LogP contribution in [0.15, 0.2) is 24.3 Å². The van der Waals surface area contributed by atoms with Crippen LogP contribution >= 0.6 is 0 Å². The van der Waals surface area contributed by atoms with E-state index in [4.69, 9.17) is 5.73 Å². The standard InChI is InChI=1S/C17H23N3O3/c1-11-7-8-13(17(18)23)9-20(11)10-16(22)19-15-6-4-3-5-14(15)12(2)21/h3-6,11,13H,7-10H2,1-2H3,(H2,18,23)(H,19,22)/t11-,13-/m1/s1. The van der Waals surface area contributed by atoms with Crippen LogP contribution in [-0.2, 0) is 9.59 Å². The average Bonchev–Trinajstić information content (AvgIpc) is 2.49. The lowest BCUT2D eigenvalue weighted by molar-refractivity contribution is -0.126. The number of carbonyl (C=O) groups excluding carboxylic acids is 3. The Labute approximate surface area is 136 Å². The van der Waals surface area contributed by atoms with Crippen LogP contribution in [-0.4, -0.2) is 41.6 Å². The summed E-state index contributed by atoms with van der Waals surface area (Å²) in [5.41, 5.74) is 6.38. The fraction of sp³-hybridized carbons (Fsp3) is 0.471. The Balaban J connectivity index is 2.01. The normalized spacial score (nSPS) is 21.7. The van der Waals surface area contributed by atoms with Crippen LogP contribution in [0, 0.1) is 5.92 Å². The lowest BCUT2D eigenvalue weighted by Gasteiger charge is -2.36. The van der Waals surface area contributed by atoms with Gasteiger partial charge in [-0.25, -0.2) is 0 Å². The van der Waals surface area contributed by atoms with Gasteiger partial charge in [-0.2, -0.15) is 0 Å². The zero-order chi connectivity index (χ0) is 17.0. The van der Waals surface area contributed by atoms with Gasteiger partial charge in [-0.15, -0.1) is 0 Å². The summed E-state index contributed by atoms with van der Waals surface area (Å²) in [6.07, 6.45) is 1.60. The molecule has 2 amide bonds. The molecule has 1 aromatic rings. The van der Waals surface area contributed by atoms with Crippen LogP contribution in [0.1, 0.15) is 37.0 Å². The molecule has 1 aliphatic rings. The molecule has 0 saturated carbocycles. The predicted octanol–water partition coefficient (Wildman–Crippen LogP) is 1.41. The van der Waals surface area contributed by atoms with Crippen molar-refractivity contribution >= 4 is 23.3 Å². The summed E-state index contributed by atoms with van der Waals surface area (Å²) < 4.78 is 0. The van der Waals surface area contributed by atoms with Gasteiger partial charge in [-0.05, 0) is 38.8 Å². The number of likely N-dealkylation sites (tertiary alicyclic amines) is 1. The third kappa shape index (κ3) is 4.39. The third-order valence-corrected chi connectivity index (χ3v) is 4.34. The van der Waals surface area contributed by atoms with E-state index >= 15 is 0 Å². The molecular weight excluding hydrogens is 294 g/mol. The van der Waals surface area contributed by atoms with Crippen molar-refractivity contribution in [3.8, 4) is 0 Å². The molecule has 124 valence electrons. The molecule has 1 fully saturated rings. The second-order valence-corrected chi connectivity index (χ2v) is 6.11. The van der Waals surface area contributed by atoms with E-state index in [9.17, 15) is 14.4 Å². The van der Waals surface area contributed by atoms with Gasteiger partial charge in [-0.1, -0.05) is 12.1 Å². The first-order chi connectivity index (χ1) is 10.9. The summed E-state index contributed by atoms with van der Waals surface area (Å²) in [4.78, 5) is 37.2. The lowest BCUT2D eigenvalue weighted by atomic mass is 9.93. The molecule has 0 spiro atoms. The number of carbonyl (C=O) groups is 3. The maximum atomic E-state index is 12.3. The summed E-state index contributed by atoms with van der Waals surface area (Å²) in [7, 11) is 0. The molecule has 2 rings (SSSR count). The van der Waals surface area contributed by atoms with E-state index in [-0.39, 0.29) is 36.1 Å². The number of nitrogens with zero attached hydrogens (tertiary/aromatic N) is 1. The fourth-order valence-corrected chi connectivity index (χ4v) is 2.91. The number of hydrogen-bond donors (Lipinski definition) is 2. The van der Waals surface area contributed by atoms with E-state index in [1.54, 1.807) is 24.3 Å². The molecule has 0 aliphatic carbocycles. The van der Waals surface area contributed by atoms with Crippen LogP contribution in [0.5, 0.6) is 0 Å². The Hall–Kier alpha value is -2.21. The average molecular weight is 317 g/mol. The summed E-state index contributed by atoms with van der Waals surface area (Å²) >= 11 is 0. The highest BCUT2D eigenvalue weighted by molar-refractivity contribution is 6.04. The summed E-state index contributed by atoms with van der Waals surface area (Å²) in [5.74, 6) is -0.815. The number of benzene rings is 1. The lowest BCUT2D eigenvalue weighted by Crippen LogP contribution is -2.48. The van der Waals surface area contributed by atoms with E-state index < -0.39 is 0 Å². The molecule has 3 N–H and O–H groups in total. The number of rotatable bonds is 5. The Morgan fingerprint density at radius 2 is 1.96 bits per heavy atom. The van der Waals surface area contributed by atoms with Gasteiger partial charge in [0.25, 0.3) is 0 Å². The maximum absolute atomic E-state index is 12.3. The first kappa shape index (κ1) is 17.1. The molecule has 1 aromatic carbocycles. The number of piperidine rings is 1. The van der Waals surface area contributed by atoms with Gasteiger partial charge in [0.2, 0.25) is 11.8 Å². The van der Waals surface area contributed by atoms with Crippen molar-refractivity contribution in [1.82, 2.24) is 4.90 Å². The zero-order valence-electron chi connectivity index (χ0n) is 13.5. The van der Waals surface area contributed by atoms with Crippen molar-refractivity contribution in [3.63, 3.8) is 0 Å². The Morgan fingerprint density at radius 1 is 1.26 bits per heavy atom. The molecule has 0 radical (unpaired) electrons. The van der Waals surface area contributed by atoms with Gasteiger partial charge < -0.3 is 11.1 Å². The third-order valence-electron chi connectivity index (χ3n) is 4.34. The zero-order valence-corrected chi connectivity index (χ0v) is 13.5. The van der Waals surface area contributed by atoms with Crippen LogP contribution in [0.2, 0.25) is 0 Å². The number of ketones is 1. The molecule has 6 heteroatoms. The van der Waals surface area contributed by atoms with E-state index in [0.29, 0.717) is 17.8 Å². The highest BCUT2D eigenvalue weighted by Gasteiger charge is 2.29. The van der Waals surface area contributed by atoms with Crippen molar-refractivity contribution in [2.24, 2.45) is 11.7 Å². The molecule has 2 atom stereocenters. The summed E-state index contributed by atoms with van der Waals surface area (Å²) in [6.45, 7) is 4.18. The monoisotopic (exact) mass is 317 g/mol. The molecule has 0 aromatic heterocycles. The first-order valence-electron chi connectivity index (χ1n) is 7.81. The Kier molecular flexibility index (Phi) is 5.50. The van der Waals surface area contributed by atoms with Crippen molar-refractivity contribution in [2.75, 3.05) is 18.4 Å². The van der Waals surface area contributed by atoms with Gasteiger partial charge >= 0.3 is 0 Å². The fourth-order valence-electron chi connectivity index (χ4n) is 2.91. The number of amides is 2. The van der Waals surface area contributed by atoms with Crippen LogP contribution < -0.4 is 11.1 Å². The number of anilines is 1. The molecule has 0 bridgehead atoms. The van der Waals surface area contributed by atoms with Gasteiger partial charge in [0.1, 0.15) is 0 Å². The van der Waals surface area contributed by atoms with E-state index in [1.807, 2.05) is 11.8 Å². The van der Waals surface area contributed by atoms with Gasteiger partial charge in [-0.3, -0.25) is 19.3 Å². The Morgan fingerprint density at radius 3 is 2.61 bits per heavy atom. The van der Waals surface area contributed by atoms with Crippen LogP contribution in [0.3, 0.4) is 0 Å². The van der Waals surface area contributed by atoms with E-state index in [1.165, 1.54) is 6.92 Å². The largest absolute Gasteiger partial charge is 0.369 e. The van der Waals surface area contributed by atoms with Gasteiger partial charge in [0, 0.05) is 18.2 Å². The summed E-state index contributed by atoms with van der Waals surface area (Å²) in [5, 5.41) is 2.79. The van der Waals surface area contributed by atoms with E-state index in [2.05, 4.69) is 5.32 Å². The number of hydrogen-bond acceptors (Lipinski definition) is 4. The van der Waals surface area contributed by atoms with Gasteiger partial charge in [0.05, 0.1) is 18.2 Å². The minimum Gasteiger partial charge on any atom is -0.369 e. The minimum absolute atomic E-state index is 0.0963. The number of primary amides is 1. The van der Waals surface area contributed by atoms with Crippen LogP contribution in [0.25, 0.3) is 0 Å². The highest BCUT2D eigenvalue weighted by atomic mass is 16.2. The van der Waals surface area contributed by atoms with Crippen molar-refractivity contribution < 1.29 is 14.4 Å². The second kappa shape index (κ2) is 7.37. The van der Waals surface area contributed by atoms with Crippen molar-refractivity contribution in [1.29, 1.82) is 0 Å². The molecule has 1 saturated heterocycles. The van der Waals surface area contributed by atoms with E-state index in [0.717, 1.165) is 12.8 Å². The number of nitrogens with two attached hydrogens (primary N) is 1. The molecular formula is C17H23N3O3. The van der Waals surface area contributed by atoms with Crippen molar-refractivity contribution in [3.05, 3.63) is 29.8 Å². The summed E-state index contributed by atoms with van der Waals surface area (Å²) in [6, 6.07) is 7.15. The number of Topliss-reactive ketones (excluding diaryl/α,β-unsaturated/α-hetero) is 1. The molecule has 1 aliphatic heterocycles. The SMILES string of the molecule is CC(=O)c1ccccc1NC(=O)CN1C[C@H](C(N)=O)CC[C@H]1C. The first-order valence-corrected chi connectivity index (χ1v) is 7.81. The molecule has 1 heterocycles. The minimum atomic E-state index is -0.316. The molecule has 0 unspecified atom stereocenters. The number of nitrogens with one attached hydrogen (secondary N) is 1. The smallest absolute Gasteiger partial charge is 0.238 e. The topological polar surface area (TPSA) is 92.5 Å². The van der Waals surface area contributed by atoms with Crippen molar-refractivity contribution in [2.45, 2.75) is 32.7 Å². The predicted molar refractivity (Wildman–Crippen MR) is 88.0 cm³/mol. The quantitative estimate of drug-likeness (QED) is 0.803. The van der Waals surface area contributed by atoms with Crippen LogP contribution in [0.4, 0.5) is 5.69 Å². The van der Waals surface area contributed by atoms with Gasteiger partial charge in [0.15, 0.2) is 5.78 Å². The molecule has 6 nitrogen and oxygen atoms in total. The Bertz CT molecular complexity index is 615. The second-order valence-electron chi connectivity index (χ2n) is 6.11. The molecule has 23 heavy (non-hydrogen) atoms.